The molecule has 0 aromatic heterocycles. The highest BCUT2D eigenvalue weighted by molar-refractivity contribution is 5.15. The van der Waals surface area contributed by atoms with Crippen molar-refractivity contribution in [2.45, 2.75) is 44.8 Å². The largest absolute Gasteiger partial charge is 0.395 e. The summed E-state index contributed by atoms with van der Waals surface area (Å²) < 4.78 is 0. The van der Waals surface area contributed by atoms with Crippen LogP contribution in [0, 0.1) is 0 Å². The molecule has 1 unspecified atom stereocenters. The fraction of sp³-hybridized carbons (Fsp3) is 0.625. The third-order valence-corrected chi connectivity index (χ3v) is 4.11. The van der Waals surface area contributed by atoms with E-state index in [0.717, 1.165) is 25.9 Å². The van der Waals surface area contributed by atoms with Crippen LogP contribution in [0.3, 0.4) is 0 Å². The van der Waals surface area contributed by atoms with Crippen LogP contribution in [-0.2, 0) is 6.54 Å². The van der Waals surface area contributed by atoms with Crippen molar-refractivity contribution in [1.29, 1.82) is 0 Å². The van der Waals surface area contributed by atoms with Gasteiger partial charge in [-0.25, -0.2) is 0 Å². The highest BCUT2D eigenvalue weighted by Crippen LogP contribution is 2.29. The number of piperidine rings is 1. The molecular weight excluding hydrogens is 236 g/mol. The van der Waals surface area contributed by atoms with Gasteiger partial charge in [-0.3, -0.25) is 4.90 Å². The molecule has 19 heavy (non-hydrogen) atoms. The van der Waals surface area contributed by atoms with Crippen LogP contribution < -0.4 is 5.32 Å². The first-order chi connectivity index (χ1) is 9.12. The molecule has 3 heteroatoms. The number of aliphatic hydroxyl groups excluding tert-OH is 1. The Morgan fingerprint density at radius 2 is 2.05 bits per heavy atom. The maximum Gasteiger partial charge on any atom is 0.0556 e. The molecule has 1 aromatic carbocycles. The molecule has 0 amide bonds. The lowest BCUT2D eigenvalue weighted by Crippen LogP contribution is -2.54. The van der Waals surface area contributed by atoms with Crippen LogP contribution in [0.15, 0.2) is 30.3 Å². The number of hydrogen-bond donors (Lipinski definition) is 2. The minimum absolute atomic E-state index is 0.210. The summed E-state index contributed by atoms with van der Waals surface area (Å²) in [6.45, 7) is 7.72. The third-order valence-electron chi connectivity index (χ3n) is 4.11. The lowest BCUT2D eigenvalue weighted by molar-refractivity contribution is 0.0502. The summed E-state index contributed by atoms with van der Waals surface area (Å²) in [7, 11) is 0. The average Bonchev–Trinajstić information content (AvgIpc) is 2.40. The summed E-state index contributed by atoms with van der Waals surface area (Å²) in [5.41, 5.74) is 1.60. The van der Waals surface area contributed by atoms with Crippen LogP contribution in [-0.4, -0.2) is 41.3 Å². The summed E-state index contributed by atoms with van der Waals surface area (Å²) in [6, 6.07) is 11.2. The molecule has 1 heterocycles. The predicted molar refractivity (Wildman–Crippen MR) is 79.0 cm³/mol. The second kappa shape index (κ2) is 6.51. The standard InChI is InChI=1S/C16H26N2O/c1-16(2)12-15(17-9-11-19)8-10-18(16)13-14-6-4-3-5-7-14/h3-7,15,17,19H,8-13H2,1-2H3. The van der Waals surface area contributed by atoms with Gasteiger partial charge in [-0.15, -0.1) is 0 Å². The van der Waals surface area contributed by atoms with Crippen LogP contribution >= 0.6 is 0 Å². The van der Waals surface area contributed by atoms with Crippen molar-refractivity contribution in [1.82, 2.24) is 10.2 Å². The van der Waals surface area contributed by atoms with E-state index in [9.17, 15) is 0 Å². The number of likely N-dealkylation sites (tertiary alicyclic amines) is 1. The zero-order valence-corrected chi connectivity index (χ0v) is 12.1. The molecule has 3 nitrogen and oxygen atoms in total. The van der Waals surface area contributed by atoms with Gasteiger partial charge in [0.25, 0.3) is 0 Å². The number of nitrogens with zero attached hydrogens (tertiary/aromatic N) is 1. The first kappa shape index (κ1) is 14.5. The Balaban J connectivity index is 1.93. The van der Waals surface area contributed by atoms with Crippen LogP contribution in [0.2, 0.25) is 0 Å². The quantitative estimate of drug-likeness (QED) is 0.852. The zero-order valence-electron chi connectivity index (χ0n) is 12.1. The van der Waals surface area contributed by atoms with Crippen molar-refractivity contribution in [2.75, 3.05) is 19.7 Å². The van der Waals surface area contributed by atoms with Crippen LogP contribution in [0.25, 0.3) is 0 Å². The van der Waals surface area contributed by atoms with Gasteiger partial charge in [0.2, 0.25) is 0 Å². The van der Waals surface area contributed by atoms with E-state index in [0.29, 0.717) is 12.6 Å². The number of aliphatic hydroxyl groups is 1. The molecule has 0 bridgehead atoms. The molecule has 2 rings (SSSR count). The Hall–Kier alpha value is -0.900. The van der Waals surface area contributed by atoms with Gasteiger partial charge in [-0.1, -0.05) is 30.3 Å². The second-order valence-corrected chi connectivity index (χ2v) is 6.09. The van der Waals surface area contributed by atoms with Gasteiger partial charge >= 0.3 is 0 Å². The lowest BCUT2D eigenvalue weighted by atomic mass is 9.86. The number of benzene rings is 1. The molecule has 1 aliphatic heterocycles. The molecular formula is C16H26N2O. The predicted octanol–water partition coefficient (Wildman–Crippen LogP) is 2.01. The molecule has 2 N–H and O–H groups in total. The molecule has 0 saturated carbocycles. The Kier molecular flexibility index (Phi) is 4.97. The molecule has 0 radical (unpaired) electrons. The van der Waals surface area contributed by atoms with E-state index in [4.69, 9.17) is 5.11 Å². The molecule has 1 aromatic rings. The highest BCUT2D eigenvalue weighted by atomic mass is 16.3. The van der Waals surface area contributed by atoms with Crippen LogP contribution in [0.4, 0.5) is 0 Å². The Bertz CT molecular complexity index is 378. The summed E-state index contributed by atoms with van der Waals surface area (Å²) >= 11 is 0. The SMILES string of the molecule is CC1(C)CC(NCCO)CCN1Cc1ccccc1. The van der Waals surface area contributed by atoms with Crippen molar-refractivity contribution >= 4 is 0 Å². The Morgan fingerprint density at radius 3 is 2.68 bits per heavy atom. The number of rotatable bonds is 5. The Morgan fingerprint density at radius 1 is 1.32 bits per heavy atom. The van der Waals surface area contributed by atoms with Gasteiger partial charge in [0.15, 0.2) is 0 Å². The molecule has 106 valence electrons. The normalized spacial score (nSPS) is 23.4. The van der Waals surface area contributed by atoms with Crippen molar-refractivity contribution in [3.05, 3.63) is 35.9 Å². The van der Waals surface area contributed by atoms with Crippen LogP contribution in [0.1, 0.15) is 32.3 Å². The summed E-state index contributed by atoms with van der Waals surface area (Å²) in [5.74, 6) is 0. The molecule has 0 aliphatic carbocycles. The van der Waals surface area contributed by atoms with Crippen molar-refractivity contribution < 1.29 is 5.11 Å². The fourth-order valence-electron chi connectivity index (χ4n) is 2.99. The van der Waals surface area contributed by atoms with E-state index in [1.165, 1.54) is 5.56 Å². The number of nitrogens with one attached hydrogen (secondary N) is 1. The topological polar surface area (TPSA) is 35.5 Å². The highest BCUT2D eigenvalue weighted by Gasteiger charge is 2.34. The van der Waals surface area contributed by atoms with E-state index >= 15 is 0 Å². The van der Waals surface area contributed by atoms with Crippen molar-refractivity contribution in [3.63, 3.8) is 0 Å². The van der Waals surface area contributed by atoms with Gasteiger partial charge in [0.05, 0.1) is 6.61 Å². The minimum Gasteiger partial charge on any atom is -0.395 e. The van der Waals surface area contributed by atoms with E-state index in [1.54, 1.807) is 0 Å². The van der Waals surface area contributed by atoms with E-state index in [1.807, 2.05) is 0 Å². The van der Waals surface area contributed by atoms with Crippen molar-refractivity contribution in [2.24, 2.45) is 0 Å². The maximum absolute atomic E-state index is 8.90. The zero-order chi connectivity index (χ0) is 13.7. The number of hydrogen-bond acceptors (Lipinski definition) is 3. The third kappa shape index (κ3) is 4.03. The lowest BCUT2D eigenvalue weighted by Gasteiger charge is -2.46. The molecule has 1 saturated heterocycles. The average molecular weight is 262 g/mol. The van der Waals surface area contributed by atoms with E-state index in [2.05, 4.69) is 54.4 Å². The second-order valence-electron chi connectivity index (χ2n) is 6.09. The summed E-state index contributed by atoms with van der Waals surface area (Å²) in [5, 5.41) is 12.3. The summed E-state index contributed by atoms with van der Waals surface area (Å²) in [6.07, 6.45) is 2.30. The van der Waals surface area contributed by atoms with Gasteiger partial charge in [-0.05, 0) is 32.3 Å². The molecule has 1 atom stereocenters. The van der Waals surface area contributed by atoms with Crippen molar-refractivity contribution in [3.8, 4) is 0 Å². The van der Waals surface area contributed by atoms with Gasteiger partial charge in [-0.2, -0.15) is 0 Å². The van der Waals surface area contributed by atoms with Gasteiger partial charge < -0.3 is 10.4 Å². The maximum atomic E-state index is 8.90. The van der Waals surface area contributed by atoms with Gasteiger partial charge in [0, 0.05) is 31.2 Å². The monoisotopic (exact) mass is 262 g/mol. The fourth-order valence-corrected chi connectivity index (χ4v) is 2.99. The molecule has 1 fully saturated rings. The van der Waals surface area contributed by atoms with Gasteiger partial charge in [0.1, 0.15) is 0 Å². The molecule has 1 aliphatic rings. The van der Waals surface area contributed by atoms with E-state index in [-0.39, 0.29) is 12.1 Å². The van der Waals surface area contributed by atoms with Crippen LogP contribution in [0.5, 0.6) is 0 Å². The smallest absolute Gasteiger partial charge is 0.0556 e. The first-order valence-corrected chi connectivity index (χ1v) is 7.25. The Labute approximate surface area is 116 Å². The molecule has 0 spiro atoms. The van der Waals surface area contributed by atoms with E-state index < -0.39 is 0 Å². The first-order valence-electron chi connectivity index (χ1n) is 7.25. The summed E-state index contributed by atoms with van der Waals surface area (Å²) in [4.78, 5) is 2.57. The minimum atomic E-state index is 0.210.